The summed E-state index contributed by atoms with van der Waals surface area (Å²) in [7, 11) is 0. The van der Waals surface area contributed by atoms with Gasteiger partial charge >= 0.3 is 0 Å². The number of carbonyl (C=O) groups excluding carboxylic acids is 3. The van der Waals surface area contributed by atoms with Gasteiger partial charge in [-0.05, 0) is 55.5 Å². The topological polar surface area (TPSA) is 180 Å². The van der Waals surface area contributed by atoms with Crippen molar-refractivity contribution in [2.24, 2.45) is 11.5 Å². The van der Waals surface area contributed by atoms with Crippen molar-refractivity contribution in [3.8, 4) is 11.8 Å². The smallest absolute Gasteiger partial charge is 0.267 e. The number of hydroxylamine groups is 1. The fourth-order valence-corrected chi connectivity index (χ4v) is 2.48. The number of benzene rings is 2. The molecule has 0 bridgehead atoms. The van der Waals surface area contributed by atoms with Crippen molar-refractivity contribution in [1.29, 1.82) is 0 Å². The highest BCUT2D eigenvalue weighted by Crippen LogP contribution is 2.10. The predicted octanol–water partition coefficient (Wildman–Crippen LogP) is -0.704. The highest BCUT2D eigenvalue weighted by atomic mass is 16.5. The quantitative estimate of drug-likeness (QED) is 0.169. The maximum Gasteiger partial charge on any atom is 0.267 e. The molecule has 2 rings (SSSR count). The van der Waals surface area contributed by atoms with Gasteiger partial charge in [0.15, 0.2) is 0 Å². The normalized spacial score (nSPS) is 13.0. The van der Waals surface area contributed by atoms with Crippen molar-refractivity contribution in [1.82, 2.24) is 10.8 Å². The Morgan fingerprint density at radius 1 is 0.969 bits per heavy atom. The molecule has 0 aliphatic rings. The van der Waals surface area contributed by atoms with Gasteiger partial charge in [0.05, 0.1) is 6.10 Å². The summed E-state index contributed by atoms with van der Waals surface area (Å²) in [4.78, 5) is 35.5. The standard InChI is InChI=1S/C22H25N5O5/c1-13(28)19(24)22(31)25-17-10-6-15(7-11-17)3-2-14-4-8-16(9-5-14)20(29)26-18(12-23)21(30)27-32/h4-11,13,18-19,28,32H,12,23-24H2,1H3,(H,25,31)(H,26,29)(H,27,30)/t13-,18+,19+/m1/s1. The minimum Gasteiger partial charge on any atom is -0.391 e. The molecule has 3 amide bonds. The minimum atomic E-state index is -1.05. The highest BCUT2D eigenvalue weighted by Gasteiger charge is 2.19. The number of carbonyl (C=O) groups is 3. The zero-order valence-corrected chi connectivity index (χ0v) is 17.3. The van der Waals surface area contributed by atoms with E-state index in [2.05, 4.69) is 22.5 Å². The number of aliphatic hydroxyl groups is 1. The molecular weight excluding hydrogens is 414 g/mol. The second-order valence-electron chi connectivity index (χ2n) is 6.90. The average molecular weight is 439 g/mol. The first-order chi connectivity index (χ1) is 15.2. The molecule has 3 atom stereocenters. The number of rotatable bonds is 7. The van der Waals surface area contributed by atoms with Gasteiger partial charge in [0.1, 0.15) is 12.1 Å². The zero-order valence-electron chi connectivity index (χ0n) is 17.3. The molecule has 10 heteroatoms. The molecule has 0 heterocycles. The van der Waals surface area contributed by atoms with Crippen LogP contribution in [0.3, 0.4) is 0 Å². The van der Waals surface area contributed by atoms with Crippen LogP contribution in [0, 0.1) is 11.8 Å². The molecule has 0 saturated heterocycles. The first-order valence-electron chi connectivity index (χ1n) is 9.66. The van der Waals surface area contributed by atoms with Crippen LogP contribution in [0.15, 0.2) is 48.5 Å². The molecule has 0 fully saturated rings. The van der Waals surface area contributed by atoms with Crippen molar-refractivity contribution < 1.29 is 24.7 Å². The van der Waals surface area contributed by atoms with Gasteiger partial charge < -0.3 is 27.2 Å². The molecule has 0 aliphatic carbocycles. The van der Waals surface area contributed by atoms with Crippen LogP contribution in [-0.2, 0) is 9.59 Å². The number of hydrogen-bond donors (Lipinski definition) is 7. The van der Waals surface area contributed by atoms with Crippen molar-refractivity contribution in [2.45, 2.75) is 25.1 Å². The molecular formula is C22H25N5O5. The van der Waals surface area contributed by atoms with Gasteiger partial charge in [0.2, 0.25) is 5.91 Å². The van der Waals surface area contributed by atoms with Crippen LogP contribution >= 0.6 is 0 Å². The van der Waals surface area contributed by atoms with Crippen LogP contribution in [0.2, 0.25) is 0 Å². The average Bonchev–Trinajstić information content (AvgIpc) is 2.81. The second kappa shape index (κ2) is 11.6. The summed E-state index contributed by atoms with van der Waals surface area (Å²) in [5.41, 5.74) is 14.6. The summed E-state index contributed by atoms with van der Waals surface area (Å²) in [6.45, 7) is 1.27. The largest absolute Gasteiger partial charge is 0.391 e. The number of amides is 3. The maximum atomic E-state index is 12.2. The van der Waals surface area contributed by atoms with E-state index in [0.29, 0.717) is 22.4 Å². The van der Waals surface area contributed by atoms with E-state index in [0.717, 1.165) is 0 Å². The number of nitrogens with two attached hydrogens (primary N) is 2. The van der Waals surface area contributed by atoms with E-state index in [1.165, 1.54) is 12.4 Å². The van der Waals surface area contributed by atoms with Crippen molar-refractivity contribution >= 4 is 23.4 Å². The number of nitrogens with one attached hydrogen (secondary N) is 3. The lowest BCUT2D eigenvalue weighted by Crippen LogP contribution is -2.50. The second-order valence-corrected chi connectivity index (χ2v) is 6.90. The number of aliphatic hydroxyl groups excluding tert-OH is 1. The summed E-state index contributed by atoms with van der Waals surface area (Å²) in [6.07, 6.45) is -0.959. The molecule has 168 valence electrons. The predicted molar refractivity (Wildman–Crippen MR) is 117 cm³/mol. The van der Waals surface area contributed by atoms with Gasteiger partial charge in [0.25, 0.3) is 11.8 Å². The third-order valence-electron chi connectivity index (χ3n) is 4.44. The monoisotopic (exact) mass is 439 g/mol. The SMILES string of the molecule is C[C@@H](O)[C@H](N)C(=O)Nc1ccc(C#Cc2ccc(C(=O)N[C@@H](CN)C(=O)NO)cc2)cc1. The van der Waals surface area contributed by atoms with Crippen LogP contribution in [-0.4, -0.2) is 52.8 Å². The third-order valence-corrected chi connectivity index (χ3v) is 4.44. The summed E-state index contributed by atoms with van der Waals surface area (Å²) >= 11 is 0. The summed E-state index contributed by atoms with van der Waals surface area (Å²) in [5.74, 6) is 4.12. The molecule has 0 spiro atoms. The fraction of sp³-hybridized carbons (Fsp3) is 0.227. The van der Waals surface area contributed by atoms with E-state index in [9.17, 15) is 19.5 Å². The Morgan fingerprint density at radius 3 is 1.97 bits per heavy atom. The van der Waals surface area contributed by atoms with Crippen molar-refractivity contribution in [3.63, 3.8) is 0 Å². The lowest BCUT2D eigenvalue weighted by atomic mass is 10.1. The minimum absolute atomic E-state index is 0.169. The Kier molecular flexibility index (Phi) is 8.88. The van der Waals surface area contributed by atoms with E-state index in [-0.39, 0.29) is 6.54 Å². The van der Waals surface area contributed by atoms with Gasteiger partial charge in [-0.3, -0.25) is 19.6 Å². The van der Waals surface area contributed by atoms with E-state index < -0.39 is 35.9 Å². The van der Waals surface area contributed by atoms with Crippen molar-refractivity contribution in [3.05, 3.63) is 65.2 Å². The summed E-state index contributed by atoms with van der Waals surface area (Å²) in [5, 5.41) is 23.0. The first kappa shape index (κ1) is 24.5. The Bertz CT molecular complexity index is 1010. The fourth-order valence-electron chi connectivity index (χ4n) is 2.48. The zero-order chi connectivity index (χ0) is 23.7. The lowest BCUT2D eigenvalue weighted by molar-refractivity contribution is -0.130. The third kappa shape index (κ3) is 6.90. The Labute approximate surface area is 184 Å². The highest BCUT2D eigenvalue weighted by molar-refractivity contribution is 5.97. The van der Waals surface area contributed by atoms with Crippen LogP contribution in [0.5, 0.6) is 0 Å². The first-order valence-corrected chi connectivity index (χ1v) is 9.66. The van der Waals surface area contributed by atoms with Crippen LogP contribution < -0.4 is 27.6 Å². The molecule has 9 N–H and O–H groups in total. The Morgan fingerprint density at radius 2 is 1.50 bits per heavy atom. The molecule has 32 heavy (non-hydrogen) atoms. The molecule has 0 radical (unpaired) electrons. The summed E-state index contributed by atoms with van der Waals surface area (Å²) in [6, 6.07) is 11.1. The Hall–Kier alpha value is -3.75. The van der Waals surface area contributed by atoms with Crippen molar-refractivity contribution in [2.75, 3.05) is 11.9 Å². The van der Waals surface area contributed by atoms with Gasteiger partial charge in [-0.2, -0.15) is 0 Å². The molecule has 2 aromatic carbocycles. The van der Waals surface area contributed by atoms with Crippen LogP contribution in [0.4, 0.5) is 5.69 Å². The van der Waals surface area contributed by atoms with E-state index in [1.54, 1.807) is 48.5 Å². The molecule has 0 aliphatic heterocycles. The molecule has 0 aromatic heterocycles. The molecule has 0 unspecified atom stereocenters. The van der Waals surface area contributed by atoms with Crippen LogP contribution in [0.1, 0.15) is 28.4 Å². The van der Waals surface area contributed by atoms with Gasteiger partial charge in [-0.1, -0.05) is 11.8 Å². The molecule has 2 aromatic rings. The molecule has 0 saturated carbocycles. The van der Waals surface area contributed by atoms with Gasteiger partial charge in [-0.15, -0.1) is 0 Å². The lowest BCUT2D eigenvalue weighted by Gasteiger charge is -2.14. The number of anilines is 1. The van der Waals surface area contributed by atoms with Gasteiger partial charge in [-0.25, -0.2) is 5.48 Å². The maximum absolute atomic E-state index is 12.2. The van der Waals surface area contributed by atoms with Crippen LogP contribution in [0.25, 0.3) is 0 Å². The molecule has 10 nitrogen and oxygen atoms in total. The Balaban J connectivity index is 2.00. The summed E-state index contributed by atoms with van der Waals surface area (Å²) < 4.78 is 0. The van der Waals surface area contributed by atoms with Gasteiger partial charge in [0, 0.05) is 28.9 Å². The van der Waals surface area contributed by atoms with E-state index in [4.69, 9.17) is 16.7 Å². The van der Waals surface area contributed by atoms with E-state index >= 15 is 0 Å². The number of hydrogen-bond acceptors (Lipinski definition) is 7. The van der Waals surface area contributed by atoms with E-state index in [1.807, 2.05) is 0 Å².